The average Bonchev–Trinajstić information content (AvgIpc) is 2.53. The summed E-state index contributed by atoms with van der Waals surface area (Å²) in [6, 6.07) is 20.8. The second-order valence-electron chi connectivity index (χ2n) is 5.75. The van der Waals surface area contributed by atoms with Gasteiger partial charge in [-0.3, -0.25) is 0 Å². The first-order valence-electron chi connectivity index (χ1n) is 7.74. The van der Waals surface area contributed by atoms with E-state index >= 15 is 0 Å². The number of hydrogen-bond donors (Lipinski definition) is 1. The first-order valence-corrected chi connectivity index (χ1v) is 7.74. The van der Waals surface area contributed by atoms with Gasteiger partial charge >= 0.3 is 0 Å². The zero-order valence-corrected chi connectivity index (χ0v) is 12.2. The van der Waals surface area contributed by atoms with E-state index in [4.69, 9.17) is 0 Å². The van der Waals surface area contributed by atoms with Crippen molar-refractivity contribution in [2.24, 2.45) is 0 Å². The molecule has 2 aromatic rings. The van der Waals surface area contributed by atoms with Gasteiger partial charge in [0.1, 0.15) is 0 Å². The highest BCUT2D eigenvalue weighted by Gasteiger charge is 2.20. The van der Waals surface area contributed by atoms with E-state index in [2.05, 4.69) is 66.8 Å². The van der Waals surface area contributed by atoms with Crippen LogP contribution < -0.4 is 5.32 Å². The van der Waals surface area contributed by atoms with Crippen LogP contribution in [0, 0.1) is 0 Å². The molecule has 0 aliphatic heterocycles. The minimum Gasteiger partial charge on any atom is -0.307 e. The number of nitrogens with one attached hydrogen (secondary N) is 1. The summed E-state index contributed by atoms with van der Waals surface area (Å²) in [7, 11) is 0. The Kier molecular flexibility index (Phi) is 4.17. The number of benzene rings is 2. The summed E-state index contributed by atoms with van der Waals surface area (Å²) < 4.78 is 0. The first-order chi connectivity index (χ1) is 9.86. The van der Waals surface area contributed by atoms with Gasteiger partial charge in [0, 0.05) is 12.1 Å². The molecule has 0 heterocycles. The molecule has 0 saturated carbocycles. The number of hydrogen-bond acceptors (Lipinski definition) is 1. The van der Waals surface area contributed by atoms with Gasteiger partial charge in [-0.05, 0) is 42.4 Å². The molecular weight excluding hydrogens is 242 g/mol. The third-order valence-corrected chi connectivity index (χ3v) is 4.39. The maximum atomic E-state index is 3.86. The van der Waals surface area contributed by atoms with Crippen molar-refractivity contribution in [3.05, 3.63) is 71.3 Å². The molecule has 0 bridgehead atoms. The minimum atomic E-state index is 0.478. The van der Waals surface area contributed by atoms with Gasteiger partial charge in [0.2, 0.25) is 0 Å². The molecular formula is C19H23N. The third-order valence-electron chi connectivity index (χ3n) is 4.39. The molecule has 0 saturated heterocycles. The van der Waals surface area contributed by atoms with Gasteiger partial charge in [-0.2, -0.15) is 0 Å². The Morgan fingerprint density at radius 2 is 1.70 bits per heavy atom. The first kappa shape index (κ1) is 13.4. The van der Waals surface area contributed by atoms with Crippen molar-refractivity contribution in [1.29, 1.82) is 0 Å². The molecule has 1 N–H and O–H groups in total. The van der Waals surface area contributed by atoms with Gasteiger partial charge in [-0.1, -0.05) is 61.5 Å². The van der Waals surface area contributed by atoms with Gasteiger partial charge in [0.05, 0.1) is 0 Å². The van der Waals surface area contributed by atoms with Gasteiger partial charge in [0.25, 0.3) is 0 Å². The molecule has 3 rings (SSSR count). The Morgan fingerprint density at radius 1 is 1.00 bits per heavy atom. The fraction of sp³-hybridized carbons (Fsp3) is 0.368. The van der Waals surface area contributed by atoms with E-state index in [-0.39, 0.29) is 0 Å². The quantitative estimate of drug-likeness (QED) is 0.870. The molecule has 104 valence electrons. The van der Waals surface area contributed by atoms with Crippen LogP contribution in [-0.2, 0) is 12.8 Å². The molecule has 1 nitrogen and oxygen atoms in total. The fourth-order valence-electron chi connectivity index (χ4n) is 3.26. The van der Waals surface area contributed by atoms with Crippen molar-refractivity contribution in [1.82, 2.24) is 5.32 Å². The standard InChI is InChI=1S/C19H23N/c1-2-19(16-9-4-3-5-10-16)20-18-13-12-15-8-6-7-11-17(15)14-18/h3-11,18-20H,2,12-14H2,1H3. The van der Waals surface area contributed by atoms with E-state index in [0.717, 1.165) is 6.42 Å². The molecule has 2 atom stereocenters. The number of rotatable bonds is 4. The van der Waals surface area contributed by atoms with Crippen molar-refractivity contribution >= 4 is 0 Å². The topological polar surface area (TPSA) is 12.0 Å². The van der Waals surface area contributed by atoms with Crippen LogP contribution in [-0.4, -0.2) is 6.04 Å². The van der Waals surface area contributed by atoms with Crippen LogP contribution in [0.4, 0.5) is 0 Å². The molecule has 20 heavy (non-hydrogen) atoms. The highest BCUT2D eigenvalue weighted by Crippen LogP contribution is 2.24. The lowest BCUT2D eigenvalue weighted by atomic mass is 9.87. The normalized spacial score (nSPS) is 19.4. The van der Waals surface area contributed by atoms with E-state index in [0.29, 0.717) is 12.1 Å². The Bertz CT molecular complexity index is 547. The SMILES string of the molecule is CCC(NC1CCc2ccccc2C1)c1ccccc1. The lowest BCUT2D eigenvalue weighted by molar-refractivity contribution is 0.392. The minimum absolute atomic E-state index is 0.478. The van der Waals surface area contributed by atoms with Crippen LogP contribution in [0.25, 0.3) is 0 Å². The van der Waals surface area contributed by atoms with Crippen molar-refractivity contribution in [3.8, 4) is 0 Å². The van der Waals surface area contributed by atoms with Crippen LogP contribution in [0.3, 0.4) is 0 Å². The molecule has 0 spiro atoms. The predicted molar refractivity (Wildman–Crippen MR) is 84.9 cm³/mol. The second kappa shape index (κ2) is 6.23. The van der Waals surface area contributed by atoms with Crippen molar-refractivity contribution < 1.29 is 0 Å². The van der Waals surface area contributed by atoms with E-state index in [9.17, 15) is 0 Å². The summed E-state index contributed by atoms with van der Waals surface area (Å²) in [5.74, 6) is 0. The molecule has 0 radical (unpaired) electrons. The number of fused-ring (bicyclic) bond motifs is 1. The summed E-state index contributed by atoms with van der Waals surface area (Å²) in [5.41, 5.74) is 4.48. The Labute approximate surface area is 122 Å². The summed E-state index contributed by atoms with van der Waals surface area (Å²) in [6.07, 6.45) is 4.76. The molecule has 0 fully saturated rings. The van der Waals surface area contributed by atoms with Crippen molar-refractivity contribution in [2.45, 2.75) is 44.7 Å². The summed E-state index contributed by atoms with van der Waals surface area (Å²) in [6.45, 7) is 2.27. The average molecular weight is 265 g/mol. The zero-order chi connectivity index (χ0) is 13.8. The zero-order valence-electron chi connectivity index (χ0n) is 12.2. The number of aryl methyl sites for hydroxylation is 1. The summed E-state index contributed by atoms with van der Waals surface area (Å²) >= 11 is 0. The Balaban J connectivity index is 1.69. The molecule has 1 aliphatic rings. The molecule has 2 aromatic carbocycles. The van der Waals surface area contributed by atoms with Crippen LogP contribution >= 0.6 is 0 Å². The largest absolute Gasteiger partial charge is 0.307 e. The third kappa shape index (κ3) is 2.94. The van der Waals surface area contributed by atoms with Crippen LogP contribution in [0.15, 0.2) is 54.6 Å². The van der Waals surface area contributed by atoms with Crippen molar-refractivity contribution in [3.63, 3.8) is 0 Å². The molecule has 1 aliphatic carbocycles. The van der Waals surface area contributed by atoms with E-state index in [1.54, 1.807) is 5.56 Å². The summed E-state index contributed by atoms with van der Waals surface area (Å²) in [5, 5.41) is 3.86. The lowest BCUT2D eigenvalue weighted by Crippen LogP contribution is -2.37. The van der Waals surface area contributed by atoms with E-state index in [1.165, 1.54) is 30.4 Å². The lowest BCUT2D eigenvalue weighted by Gasteiger charge is -2.29. The van der Waals surface area contributed by atoms with Gasteiger partial charge in [-0.15, -0.1) is 0 Å². The van der Waals surface area contributed by atoms with Gasteiger partial charge in [-0.25, -0.2) is 0 Å². The molecule has 2 unspecified atom stereocenters. The maximum Gasteiger partial charge on any atom is 0.0320 e. The van der Waals surface area contributed by atoms with E-state index < -0.39 is 0 Å². The Morgan fingerprint density at radius 3 is 2.45 bits per heavy atom. The smallest absolute Gasteiger partial charge is 0.0320 e. The molecule has 0 aromatic heterocycles. The van der Waals surface area contributed by atoms with Gasteiger partial charge < -0.3 is 5.32 Å². The van der Waals surface area contributed by atoms with Crippen LogP contribution in [0.5, 0.6) is 0 Å². The Hall–Kier alpha value is -1.60. The monoisotopic (exact) mass is 265 g/mol. The predicted octanol–water partition coefficient (Wildman–Crippen LogP) is 4.28. The van der Waals surface area contributed by atoms with Gasteiger partial charge in [0.15, 0.2) is 0 Å². The molecule has 1 heteroatoms. The van der Waals surface area contributed by atoms with Crippen LogP contribution in [0.1, 0.15) is 42.5 Å². The van der Waals surface area contributed by atoms with E-state index in [1.807, 2.05) is 0 Å². The van der Waals surface area contributed by atoms with Crippen LogP contribution in [0.2, 0.25) is 0 Å². The van der Waals surface area contributed by atoms with Crippen molar-refractivity contribution in [2.75, 3.05) is 0 Å². The maximum absolute atomic E-state index is 3.86. The highest BCUT2D eigenvalue weighted by atomic mass is 14.9. The molecule has 0 amide bonds. The fourth-order valence-corrected chi connectivity index (χ4v) is 3.26. The highest BCUT2D eigenvalue weighted by molar-refractivity contribution is 5.30. The second-order valence-corrected chi connectivity index (χ2v) is 5.75. The summed E-state index contributed by atoms with van der Waals surface area (Å²) in [4.78, 5) is 0.